The van der Waals surface area contributed by atoms with Crippen molar-refractivity contribution in [3.63, 3.8) is 0 Å². The molecule has 0 bridgehead atoms. The lowest BCUT2D eigenvalue weighted by atomic mass is 10.00. The van der Waals surface area contributed by atoms with Crippen LogP contribution in [0, 0.1) is 0 Å². The Labute approximate surface area is 150 Å². The lowest BCUT2D eigenvalue weighted by molar-refractivity contribution is -0.167. The van der Waals surface area contributed by atoms with Crippen molar-refractivity contribution in [2.24, 2.45) is 0 Å². The zero-order chi connectivity index (χ0) is 19.1. The highest BCUT2D eigenvalue weighted by atomic mass is 16.5. The molecule has 0 radical (unpaired) electrons. The van der Waals surface area contributed by atoms with E-state index in [1.807, 2.05) is 42.5 Å². The summed E-state index contributed by atoms with van der Waals surface area (Å²) in [4.78, 5) is 34.0. The second kappa shape index (κ2) is 8.77. The molecule has 2 atom stereocenters. The van der Waals surface area contributed by atoms with Gasteiger partial charge in [-0.05, 0) is 23.6 Å². The summed E-state index contributed by atoms with van der Waals surface area (Å²) in [6, 6.07) is 14.7. The molecule has 2 aromatic rings. The van der Waals surface area contributed by atoms with Gasteiger partial charge in [-0.25, -0.2) is 5.06 Å². The van der Waals surface area contributed by atoms with Crippen LogP contribution in [0.3, 0.4) is 0 Å². The van der Waals surface area contributed by atoms with Crippen LogP contribution in [0.1, 0.15) is 12.5 Å². The van der Waals surface area contributed by atoms with Crippen molar-refractivity contribution in [3.05, 3.63) is 60.2 Å². The van der Waals surface area contributed by atoms with Crippen LogP contribution in [-0.4, -0.2) is 45.7 Å². The number of aliphatic carboxylic acids is 1. The SMILES string of the molecule is C[C@H](NC(=O)[C@H](Cc1ccc(-c2ccccc2)cc1)N(O)C=O)C(=O)O. The molecule has 0 heterocycles. The molecule has 0 fully saturated rings. The zero-order valence-corrected chi connectivity index (χ0v) is 14.2. The smallest absolute Gasteiger partial charge is 0.325 e. The minimum absolute atomic E-state index is 0.0441. The summed E-state index contributed by atoms with van der Waals surface area (Å²) in [5, 5.41) is 21.1. The number of benzene rings is 2. The quantitative estimate of drug-likeness (QED) is 0.379. The number of hydrogen-bond donors (Lipinski definition) is 3. The van der Waals surface area contributed by atoms with Crippen LogP contribution in [0.5, 0.6) is 0 Å². The molecular weight excluding hydrogens is 336 g/mol. The van der Waals surface area contributed by atoms with E-state index < -0.39 is 24.0 Å². The molecule has 0 aliphatic carbocycles. The fourth-order valence-corrected chi connectivity index (χ4v) is 2.44. The topological polar surface area (TPSA) is 107 Å². The number of hydroxylamine groups is 2. The van der Waals surface area contributed by atoms with Crippen LogP contribution >= 0.6 is 0 Å². The van der Waals surface area contributed by atoms with Gasteiger partial charge in [-0.1, -0.05) is 54.6 Å². The summed E-state index contributed by atoms with van der Waals surface area (Å²) in [5.41, 5.74) is 2.75. The number of amides is 2. The second-order valence-corrected chi connectivity index (χ2v) is 5.84. The summed E-state index contributed by atoms with van der Waals surface area (Å²) in [6.07, 6.45) is 0.163. The van der Waals surface area contributed by atoms with Crippen LogP contribution in [0.25, 0.3) is 11.1 Å². The fourth-order valence-electron chi connectivity index (χ4n) is 2.44. The molecule has 0 saturated carbocycles. The molecule has 7 heteroatoms. The number of carbonyl (C=O) groups excluding carboxylic acids is 2. The Bertz CT molecular complexity index is 761. The van der Waals surface area contributed by atoms with Crippen LogP contribution in [0.15, 0.2) is 54.6 Å². The molecule has 7 nitrogen and oxygen atoms in total. The van der Waals surface area contributed by atoms with Gasteiger partial charge in [0.05, 0.1) is 0 Å². The number of carbonyl (C=O) groups is 3. The normalized spacial score (nSPS) is 12.7. The summed E-state index contributed by atoms with van der Waals surface area (Å²) < 4.78 is 0. The van der Waals surface area contributed by atoms with Crippen molar-refractivity contribution >= 4 is 18.3 Å². The van der Waals surface area contributed by atoms with Crippen molar-refractivity contribution in [1.82, 2.24) is 10.4 Å². The van der Waals surface area contributed by atoms with Gasteiger partial charge in [0.25, 0.3) is 0 Å². The minimum Gasteiger partial charge on any atom is -0.480 e. The number of rotatable bonds is 8. The predicted octanol–water partition coefficient (Wildman–Crippen LogP) is 1.70. The largest absolute Gasteiger partial charge is 0.480 e. The molecule has 0 aromatic heterocycles. The molecular formula is C19H20N2O5. The molecule has 0 saturated heterocycles. The van der Waals surface area contributed by atoms with Crippen molar-refractivity contribution < 1.29 is 24.7 Å². The highest BCUT2D eigenvalue weighted by Crippen LogP contribution is 2.20. The molecule has 2 rings (SSSR count). The van der Waals surface area contributed by atoms with Gasteiger partial charge in [-0.3, -0.25) is 19.6 Å². The maximum Gasteiger partial charge on any atom is 0.325 e. The Morgan fingerprint density at radius 3 is 2.19 bits per heavy atom. The Hall–Kier alpha value is -3.19. The summed E-state index contributed by atoms with van der Waals surface area (Å²) in [5.74, 6) is -1.96. The van der Waals surface area contributed by atoms with E-state index in [-0.39, 0.29) is 17.9 Å². The van der Waals surface area contributed by atoms with E-state index in [9.17, 15) is 19.6 Å². The number of hydrogen-bond acceptors (Lipinski definition) is 4. The summed E-state index contributed by atoms with van der Waals surface area (Å²) in [6.45, 7) is 1.30. The third-order valence-corrected chi connectivity index (χ3v) is 3.95. The highest BCUT2D eigenvalue weighted by molar-refractivity contribution is 5.87. The standard InChI is InChI=1S/C19H20N2O5/c1-13(19(24)25)20-18(23)17(21(26)12-22)11-14-7-9-16(10-8-14)15-5-3-2-4-6-15/h2-10,12-13,17,26H,11H2,1H3,(H,20,23)(H,24,25)/t13-,17-/m0/s1. The molecule has 0 aliphatic rings. The van der Waals surface area contributed by atoms with Gasteiger partial charge in [0.15, 0.2) is 0 Å². The molecule has 136 valence electrons. The maximum atomic E-state index is 12.2. The van der Waals surface area contributed by atoms with Gasteiger partial charge < -0.3 is 10.4 Å². The van der Waals surface area contributed by atoms with Gasteiger partial charge in [-0.2, -0.15) is 0 Å². The third kappa shape index (κ3) is 4.90. The minimum atomic E-state index is -1.23. The molecule has 2 aromatic carbocycles. The van der Waals surface area contributed by atoms with Gasteiger partial charge in [0, 0.05) is 6.42 Å². The van der Waals surface area contributed by atoms with E-state index in [0.29, 0.717) is 5.56 Å². The van der Waals surface area contributed by atoms with E-state index in [4.69, 9.17) is 5.11 Å². The van der Waals surface area contributed by atoms with E-state index in [0.717, 1.165) is 11.1 Å². The molecule has 0 unspecified atom stereocenters. The fraction of sp³-hybridized carbons (Fsp3) is 0.211. The number of carboxylic acid groups (broad SMARTS) is 1. The van der Waals surface area contributed by atoms with Crippen molar-refractivity contribution in [2.45, 2.75) is 25.4 Å². The number of nitrogens with zero attached hydrogens (tertiary/aromatic N) is 1. The van der Waals surface area contributed by atoms with Crippen molar-refractivity contribution in [2.75, 3.05) is 0 Å². The van der Waals surface area contributed by atoms with Crippen molar-refractivity contribution in [3.8, 4) is 11.1 Å². The van der Waals surface area contributed by atoms with Crippen LogP contribution in [0.4, 0.5) is 0 Å². The molecule has 3 N–H and O–H groups in total. The average Bonchev–Trinajstić information content (AvgIpc) is 2.66. The maximum absolute atomic E-state index is 12.2. The predicted molar refractivity (Wildman–Crippen MR) is 94.3 cm³/mol. The number of carboxylic acids is 1. The Kier molecular flexibility index (Phi) is 6.46. The molecule has 26 heavy (non-hydrogen) atoms. The first-order valence-electron chi connectivity index (χ1n) is 8.02. The Morgan fingerprint density at radius 2 is 1.65 bits per heavy atom. The lowest BCUT2D eigenvalue weighted by Gasteiger charge is -2.23. The molecule has 0 aliphatic heterocycles. The van der Waals surface area contributed by atoms with E-state index in [2.05, 4.69) is 5.32 Å². The first-order valence-corrected chi connectivity index (χ1v) is 8.02. The Morgan fingerprint density at radius 1 is 1.08 bits per heavy atom. The van der Waals surface area contributed by atoms with Crippen LogP contribution in [0.2, 0.25) is 0 Å². The van der Waals surface area contributed by atoms with E-state index >= 15 is 0 Å². The van der Waals surface area contributed by atoms with Gasteiger partial charge >= 0.3 is 5.97 Å². The van der Waals surface area contributed by atoms with Crippen molar-refractivity contribution in [1.29, 1.82) is 0 Å². The monoisotopic (exact) mass is 356 g/mol. The first-order chi connectivity index (χ1) is 12.4. The molecule has 0 spiro atoms. The summed E-state index contributed by atoms with van der Waals surface area (Å²) in [7, 11) is 0. The van der Waals surface area contributed by atoms with Crippen LogP contribution < -0.4 is 5.32 Å². The average molecular weight is 356 g/mol. The second-order valence-electron chi connectivity index (χ2n) is 5.84. The Balaban J connectivity index is 2.14. The lowest BCUT2D eigenvalue weighted by Crippen LogP contribution is -2.50. The van der Waals surface area contributed by atoms with Gasteiger partial charge in [0.2, 0.25) is 12.3 Å². The third-order valence-electron chi connectivity index (χ3n) is 3.95. The zero-order valence-electron chi connectivity index (χ0n) is 14.2. The summed E-state index contributed by atoms with van der Waals surface area (Å²) >= 11 is 0. The highest BCUT2D eigenvalue weighted by Gasteiger charge is 2.27. The number of nitrogens with one attached hydrogen (secondary N) is 1. The van der Waals surface area contributed by atoms with Gasteiger partial charge in [0.1, 0.15) is 12.1 Å². The van der Waals surface area contributed by atoms with Gasteiger partial charge in [-0.15, -0.1) is 0 Å². The first kappa shape index (κ1) is 19.1. The van der Waals surface area contributed by atoms with E-state index in [1.54, 1.807) is 12.1 Å². The molecule has 2 amide bonds. The van der Waals surface area contributed by atoms with E-state index in [1.165, 1.54) is 6.92 Å². The van der Waals surface area contributed by atoms with Crippen LogP contribution in [-0.2, 0) is 20.8 Å².